The van der Waals surface area contributed by atoms with Crippen LogP contribution in [0.4, 0.5) is 0 Å². The predicted molar refractivity (Wildman–Crippen MR) is 234 cm³/mol. The van der Waals surface area contributed by atoms with E-state index in [1.807, 2.05) is 30.3 Å². The molecule has 0 saturated heterocycles. The fourth-order valence-electron chi connectivity index (χ4n) is 9.15. The quantitative estimate of drug-likeness (QED) is 0.169. The van der Waals surface area contributed by atoms with Gasteiger partial charge in [-0.3, -0.25) is 0 Å². The molecule has 4 nitrogen and oxygen atoms in total. The van der Waals surface area contributed by atoms with Gasteiger partial charge >= 0.3 is 0 Å². The molecular formula is C53H33N3O. The molecule has 1 aliphatic carbocycles. The van der Waals surface area contributed by atoms with Gasteiger partial charge in [0.1, 0.15) is 11.2 Å². The molecule has 4 heteroatoms. The van der Waals surface area contributed by atoms with Crippen LogP contribution in [0.2, 0.25) is 0 Å². The van der Waals surface area contributed by atoms with Gasteiger partial charge in [-0.25, -0.2) is 15.0 Å². The van der Waals surface area contributed by atoms with E-state index in [0.29, 0.717) is 17.5 Å². The lowest BCUT2D eigenvalue weighted by atomic mass is 9.85. The standard InChI is InChI=1S/C53H33N3O/c1-2-13-33(14-3-1)51-54-52(36-27-28-38-34(30-36)25-24-32-12-4-5-15-37(32)38)56-53(55-51)46-22-11-23-48-49(46)45-21-10-20-39(50(45)57-48)35-26-29-44-42-18-7-6-16-40(42)41-17-8-9-19-43(41)47(44)31-35/h1-23,26-31H,24-25H2. The van der Waals surface area contributed by atoms with Gasteiger partial charge in [-0.2, -0.15) is 0 Å². The number of fused-ring (bicyclic) bond motifs is 12. The first-order valence-corrected chi connectivity index (χ1v) is 19.6. The summed E-state index contributed by atoms with van der Waals surface area (Å²) in [4.78, 5) is 15.5. The maximum absolute atomic E-state index is 6.82. The average molecular weight is 728 g/mol. The number of aryl methyl sites for hydroxylation is 2. The molecule has 2 aromatic heterocycles. The molecule has 9 aromatic carbocycles. The Morgan fingerprint density at radius 1 is 0.333 bits per heavy atom. The molecular weight excluding hydrogens is 695 g/mol. The van der Waals surface area contributed by atoms with E-state index < -0.39 is 0 Å². The maximum atomic E-state index is 6.82. The molecule has 0 atom stereocenters. The van der Waals surface area contributed by atoms with Gasteiger partial charge < -0.3 is 4.42 Å². The van der Waals surface area contributed by atoms with Gasteiger partial charge in [0.2, 0.25) is 0 Å². The molecule has 0 spiro atoms. The van der Waals surface area contributed by atoms with Crippen LogP contribution in [-0.2, 0) is 12.8 Å². The van der Waals surface area contributed by atoms with Crippen LogP contribution >= 0.6 is 0 Å². The first kappa shape index (κ1) is 31.9. The lowest BCUT2D eigenvalue weighted by Gasteiger charge is -2.20. The topological polar surface area (TPSA) is 51.8 Å². The summed E-state index contributed by atoms with van der Waals surface area (Å²) in [5.41, 5.74) is 12.0. The normalized spacial score (nSPS) is 12.4. The van der Waals surface area contributed by atoms with Crippen LogP contribution in [0.5, 0.6) is 0 Å². The molecule has 0 fully saturated rings. The summed E-state index contributed by atoms with van der Waals surface area (Å²) >= 11 is 0. The van der Waals surface area contributed by atoms with Crippen molar-refractivity contribution in [3.8, 4) is 56.4 Å². The first-order valence-electron chi connectivity index (χ1n) is 19.6. The van der Waals surface area contributed by atoms with Crippen LogP contribution in [0.1, 0.15) is 11.1 Å². The fourth-order valence-corrected chi connectivity index (χ4v) is 9.15. The van der Waals surface area contributed by atoms with Crippen LogP contribution in [-0.4, -0.2) is 15.0 Å². The van der Waals surface area contributed by atoms with E-state index in [4.69, 9.17) is 19.4 Å². The van der Waals surface area contributed by atoms with Gasteiger partial charge in [-0.05, 0) is 91.2 Å². The summed E-state index contributed by atoms with van der Waals surface area (Å²) in [6, 6.07) is 62.5. The van der Waals surface area contributed by atoms with Gasteiger partial charge in [0.25, 0.3) is 0 Å². The van der Waals surface area contributed by atoms with Crippen molar-refractivity contribution < 1.29 is 4.42 Å². The van der Waals surface area contributed by atoms with Crippen LogP contribution < -0.4 is 0 Å². The molecule has 57 heavy (non-hydrogen) atoms. The van der Waals surface area contributed by atoms with Gasteiger partial charge in [0.05, 0.1) is 0 Å². The highest BCUT2D eigenvalue weighted by Gasteiger charge is 2.22. The summed E-state index contributed by atoms with van der Waals surface area (Å²) in [5, 5.41) is 9.53. The Morgan fingerprint density at radius 3 is 1.70 bits per heavy atom. The molecule has 0 saturated carbocycles. The number of nitrogens with zero attached hydrogens (tertiary/aromatic N) is 3. The highest BCUT2D eigenvalue weighted by molar-refractivity contribution is 6.26. The van der Waals surface area contributed by atoms with E-state index in [1.165, 1.54) is 54.6 Å². The Morgan fingerprint density at radius 2 is 0.895 bits per heavy atom. The number of furan rings is 1. The summed E-state index contributed by atoms with van der Waals surface area (Å²) in [7, 11) is 0. The van der Waals surface area contributed by atoms with Gasteiger partial charge in [-0.1, -0.05) is 158 Å². The number of hydrogen-bond acceptors (Lipinski definition) is 4. The van der Waals surface area contributed by atoms with E-state index in [0.717, 1.165) is 62.6 Å². The maximum Gasteiger partial charge on any atom is 0.164 e. The lowest BCUT2D eigenvalue weighted by Crippen LogP contribution is -2.05. The summed E-state index contributed by atoms with van der Waals surface area (Å²) in [5.74, 6) is 1.91. The number of hydrogen-bond donors (Lipinski definition) is 0. The molecule has 0 amide bonds. The summed E-state index contributed by atoms with van der Waals surface area (Å²) in [6.07, 6.45) is 2.00. The Balaban J connectivity index is 1.04. The molecule has 0 unspecified atom stereocenters. The van der Waals surface area contributed by atoms with E-state index in [1.54, 1.807) is 0 Å². The van der Waals surface area contributed by atoms with Crippen molar-refractivity contribution in [3.05, 3.63) is 187 Å². The zero-order chi connectivity index (χ0) is 37.5. The highest BCUT2D eigenvalue weighted by Crippen LogP contribution is 2.43. The zero-order valence-corrected chi connectivity index (χ0v) is 30.9. The molecule has 0 N–H and O–H groups in total. The number of rotatable bonds is 4. The molecule has 0 radical (unpaired) electrons. The molecule has 2 heterocycles. The second-order valence-corrected chi connectivity index (χ2v) is 15.0. The Bertz CT molecular complexity index is 3380. The zero-order valence-electron chi connectivity index (χ0n) is 30.9. The minimum atomic E-state index is 0.615. The highest BCUT2D eigenvalue weighted by atomic mass is 16.3. The number of para-hydroxylation sites is 1. The Hall–Kier alpha value is -7.43. The monoisotopic (exact) mass is 727 g/mol. The number of benzene rings is 9. The van der Waals surface area contributed by atoms with Crippen LogP contribution in [0, 0.1) is 0 Å². The van der Waals surface area contributed by atoms with Crippen molar-refractivity contribution in [1.82, 2.24) is 15.0 Å². The van der Waals surface area contributed by atoms with Crippen molar-refractivity contribution in [2.24, 2.45) is 0 Å². The van der Waals surface area contributed by atoms with E-state index in [9.17, 15) is 0 Å². The van der Waals surface area contributed by atoms with Crippen molar-refractivity contribution in [2.45, 2.75) is 12.8 Å². The van der Waals surface area contributed by atoms with Gasteiger partial charge in [0, 0.05) is 33.0 Å². The predicted octanol–water partition coefficient (Wildman–Crippen LogP) is 13.7. The van der Waals surface area contributed by atoms with E-state index in [-0.39, 0.29) is 0 Å². The molecule has 1 aliphatic rings. The minimum Gasteiger partial charge on any atom is -0.455 e. The van der Waals surface area contributed by atoms with Gasteiger partial charge in [-0.15, -0.1) is 0 Å². The molecule has 12 rings (SSSR count). The largest absolute Gasteiger partial charge is 0.455 e. The second-order valence-electron chi connectivity index (χ2n) is 15.0. The van der Waals surface area contributed by atoms with Crippen molar-refractivity contribution in [1.29, 1.82) is 0 Å². The second kappa shape index (κ2) is 12.6. The minimum absolute atomic E-state index is 0.615. The summed E-state index contributed by atoms with van der Waals surface area (Å²) in [6.45, 7) is 0. The van der Waals surface area contributed by atoms with Gasteiger partial charge in [0.15, 0.2) is 17.5 Å². The smallest absolute Gasteiger partial charge is 0.164 e. The lowest BCUT2D eigenvalue weighted by molar-refractivity contribution is 0.670. The molecule has 266 valence electrons. The average Bonchev–Trinajstić information content (AvgIpc) is 3.68. The third-order valence-corrected chi connectivity index (χ3v) is 11.8. The van der Waals surface area contributed by atoms with Crippen molar-refractivity contribution in [3.63, 3.8) is 0 Å². The van der Waals surface area contributed by atoms with E-state index >= 15 is 0 Å². The molecule has 0 aliphatic heterocycles. The van der Waals surface area contributed by atoms with Crippen LogP contribution in [0.25, 0.3) is 111 Å². The van der Waals surface area contributed by atoms with E-state index in [2.05, 4.69) is 146 Å². The molecule has 0 bridgehead atoms. The van der Waals surface area contributed by atoms with Crippen LogP contribution in [0.15, 0.2) is 180 Å². The Kier molecular flexibility index (Phi) is 7.02. The number of aromatic nitrogens is 3. The third kappa shape index (κ3) is 5.04. The molecule has 11 aromatic rings. The fraction of sp³-hybridized carbons (Fsp3) is 0.0377. The van der Waals surface area contributed by atoms with Crippen LogP contribution in [0.3, 0.4) is 0 Å². The van der Waals surface area contributed by atoms with Crippen molar-refractivity contribution >= 4 is 54.3 Å². The Labute approximate surface area is 328 Å². The van der Waals surface area contributed by atoms with Crippen molar-refractivity contribution in [2.75, 3.05) is 0 Å². The summed E-state index contributed by atoms with van der Waals surface area (Å²) < 4.78 is 6.82. The SMILES string of the molecule is c1ccc(-c2nc(-c3ccc4c(c3)CCc3ccccc3-4)nc(-c3cccc4oc5c(-c6ccc7c8ccccc8c8ccccc8c7c6)cccc5c34)n2)cc1. The first-order chi connectivity index (χ1) is 28.2. The third-order valence-electron chi connectivity index (χ3n) is 11.8.